The van der Waals surface area contributed by atoms with Gasteiger partial charge in [0.05, 0.1) is 6.34 Å². The summed E-state index contributed by atoms with van der Waals surface area (Å²) in [6.07, 6.45) is 8.88. The van der Waals surface area contributed by atoms with Crippen molar-refractivity contribution in [3.63, 3.8) is 0 Å². The van der Waals surface area contributed by atoms with Gasteiger partial charge in [0.15, 0.2) is 0 Å². The lowest BCUT2D eigenvalue weighted by atomic mass is 10.2. The second kappa shape index (κ2) is 8.42. The van der Waals surface area contributed by atoms with Crippen LogP contribution in [-0.2, 0) is 4.79 Å². The standard InChI is InChI=1S/C16H19N3O.BrH/c1-14(2)19(15-8-4-3-5-9-15)16(20)12-18-11-7-6-10-17-13-18;/h3-11,13-14H,12H2,1-2H3;1H. The van der Waals surface area contributed by atoms with E-state index in [1.807, 2.05) is 62.5 Å². The maximum absolute atomic E-state index is 12.5. The molecule has 0 aromatic heterocycles. The molecule has 112 valence electrons. The molecule has 1 aromatic rings. The van der Waals surface area contributed by atoms with Crippen molar-refractivity contribution in [2.45, 2.75) is 19.9 Å². The first-order valence-electron chi connectivity index (χ1n) is 6.68. The predicted octanol–water partition coefficient (Wildman–Crippen LogP) is 3.38. The molecule has 0 unspecified atom stereocenters. The molecule has 5 heteroatoms. The monoisotopic (exact) mass is 349 g/mol. The SMILES string of the molecule is Br.CC(C)N(C(=O)CN1C=CC=CN=C1)c1ccccc1. The normalized spacial score (nSPS) is 13.0. The summed E-state index contributed by atoms with van der Waals surface area (Å²) in [6, 6.07) is 9.83. The number of benzene rings is 1. The highest BCUT2D eigenvalue weighted by molar-refractivity contribution is 8.93. The van der Waals surface area contributed by atoms with Gasteiger partial charge in [-0.3, -0.25) is 4.79 Å². The number of aliphatic imine (C=N–C) groups is 1. The van der Waals surface area contributed by atoms with Gasteiger partial charge in [0.2, 0.25) is 5.91 Å². The lowest BCUT2D eigenvalue weighted by Gasteiger charge is -2.28. The quantitative estimate of drug-likeness (QED) is 0.835. The first-order chi connectivity index (χ1) is 9.68. The third kappa shape index (κ3) is 4.86. The number of rotatable bonds is 4. The highest BCUT2D eigenvalue weighted by Crippen LogP contribution is 2.17. The summed E-state index contributed by atoms with van der Waals surface area (Å²) >= 11 is 0. The lowest BCUT2D eigenvalue weighted by Crippen LogP contribution is -2.42. The third-order valence-electron chi connectivity index (χ3n) is 2.91. The number of halogens is 1. The van der Waals surface area contributed by atoms with Gasteiger partial charge < -0.3 is 9.80 Å². The predicted molar refractivity (Wildman–Crippen MR) is 92.9 cm³/mol. The van der Waals surface area contributed by atoms with E-state index < -0.39 is 0 Å². The number of amides is 1. The summed E-state index contributed by atoms with van der Waals surface area (Å²) in [6.45, 7) is 4.30. The average molecular weight is 350 g/mol. The topological polar surface area (TPSA) is 35.9 Å². The summed E-state index contributed by atoms with van der Waals surface area (Å²) in [5.41, 5.74) is 0.918. The van der Waals surface area contributed by atoms with Crippen molar-refractivity contribution in [1.82, 2.24) is 4.90 Å². The molecular formula is C16H20BrN3O. The number of nitrogens with zero attached hydrogens (tertiary/aromatic N) is 3. The minimum absolute atomic E-state index is 0. The molecule has 1 aromatic carbocycles. The van der Waals surface area contributed by atoms with Crippen LogP contribution in [0.2, 0.25) is 0 Å². The Balaban J connectivity index is 0.00000220. The van der Waals surface area contributed by atoms with Gasteiger partial charge in [-0.15, -0.1) is 17.0 Å². The zero-order valence-electron chi connectivity index (χ0n) is 12.2. The van der Waals surface area contributed by atoms with Crippen LogP contribution in [0.25, 0.3) is 0 Å². The maximum Gasteiger partial charge on any atom is 0.247 e. The molecule has 0 fully saturated rings. The Kier molecular flexibility index (Phi) is 6.88. The van der Waals surface area contributed by atoms with Crippen LogP contribution in [0.1, 0.15) is 13.8 Å². The highest BCUT2D eigenvalue weighted by Gasteiger charge is 2.20. The van der Waals surface area contributed by atoms with Crippen molar-refractivity contribution in [1.29, 1.82) is 0 Å². The van der Waals surface area contributed by atoms with E-state index in [1.54, 1.807) is 22.3 Å². The molecule has 0 spiro atoms. The van der Waals surface area contributed by atoms with Crippen LogP contribution in [0.5, 0.6) is 0 Å². The first-order valence-corrected chi connectivity index (χ1v) is 6.68. The second-order valence-electron chi connectivity index (χ2n) is 4.81. The van der Waals surface area contributed by atoms with Crippen LogP contribution in [0.4, 0.5) is 5.69 Å². The van der Waals surface area contributed by atoms with E-state index in [2.05, 4.69) is 4.99 Å². The van der Waals surface area contributed by atoms with Crippen molar-refractivity contribution >= 4 is 34.9 Å². The number of para-hydroxylation sites is 1. The minimum Gasteiger partial charge on any atom is -0.330 e. The Morgan fingerprint density at radius 1 is 1.24 bits per heavy atom. The fraction of sp³-hybridized carbons (Fsp3) is 0.250. The van der Waals surface area contributed by atoms with Crippen LogP contribution in [0.15, 0.2) is 59.9 Å². The second-order valence-corrected chi connectivity index (χ2v) is 4.81. The zero-order valence-corrected chi connectivity index (χ0v) is 13.9. The van der Waals surface area contributed by atoms with Gasteiger partial charge in [0.1, 0.15) is 6.54 Å². The minimum atomic E-state index is 0. The van der Waals surface area contributed by atoms with Crippen molar-refractivity contribution in [2.24, 2.45) is 4.99 Å². The molecule has 0 N–H and O–H groups in total. The molecule has 1 amide bonds. The molecule has 1 aliphatic rings. The molecule has 1 aliphatic heterocycles. The molecule has 0 atom stereocenters. The summed E-state index contributed by atoms with van der Waals surface area (Å²) in [4.78, 5) is 20.2. The first kappa shape index (κ1) is 17.2. The van der Waals surface area contributed by atoms with Crippen molar-refractivity contribution in [2.75, 3.05) is 11.4 Å². The van der Waals surface area contributed by atoms with E-state index in [0.717, 1.165) is 5.69 Å². The average Bonchev–Trinajstić information content (AvgIpc) is 2.68. The molecule has 0 saturated carbocycles. The molecule has 2 rings (SSSR count). The summed E-state index contributed by atoms with van der Waals surface area (Å²) in [5, 5.41) is 0. The molecule has 1 heterocycles. The molecule has 0 bridgehead atoms. The Morgan fingerprint density at radius 2 is 1.95 bits per heavy atom. The molecule has 4 nitrogen and oxygen atoms in total. The molecular weight excluding hydrogens is 330 g/mol. The van der Waals surface area contributed by atoms with Crippen LogP contribution >= 0.6 is 17.0 Å². The summed E-state index contributed by atoms with van der Waals surface area (Å²) in [7, 11) is 0. The van der Waals surface area contributed by atoms with E-state index >= 15 is 0 Å². The number of hydrogen-bond acceptors (Lipinski definition) is 3. The number of hydrogen-bond donors (Lipinski definition) is 0. The van der Waals surface area contributed by atoms with Crippen molar-refractivity contribution < 1.29 is 4.79 Å². The van der Waals surface area contributed by atoms with Crippen molar-refractivity contribution in [3.05, 3.63) is 54.9 Å². The number of carbonyl (C=O) groups is 1. The number of allylic oxidation sites excluding steroid dienone is 2. The van der Waals surface area contributed by atoms with Gasteiger partial charge in [-0.1, -0.05) is 18.2 Å². The Morgan fingerprint density at radius 3 is 2.62 bits per heavy atom. The maximum atomic E-state index is 12.5. The Hall–Kier alpha value is -1.88. The van der Waals surface area contributed by atoms with Gasteiger partial charge in [0, 0.05) is 24.1 Å². The van der Waals surface area contributed by atoms with Gasteiger partial charge in [0.25, 0.3) is 0 Å². The van der Waals surface area contributed by atoms with E-state index in [9.17, 15) is 4.79 Å². The van der Waals surface area contributed by atoms with Crippen LogP contribution in [-0.4, -0.2) is 29.7 Å². The Bertz CT molecular complexity index is 522. The van der Waals surface area contributed by atoms with Gasteiger partial charge >= 0.3 is 0 Å². The zero-order chi connectivity index (χ0) is 14.4. The molecule has 21 heavy (non-hydrogen) atoms. The van der Waals surface area contributed by atoms with E-state index in [-0.39, 0.29) is 35.5 Å². The van der Waals surface area contributed by atoms with Gasteiger partial charge in [-0.2, -0.15) is 0 Å². The van der Waals surface area contributed by atoms with E-state index in [1.165, 1.54) is 0 Å². The van der Waals surface area contributed by atoms with Gasteiger partial charge in [-0.05, 0) is 38.1 Å². The van der Waals surface area contributed by atoms with Crippen LogP contribution in [0.3, 0.4) is 0 Å². The smallest absolute Gasteiger partial charge is 0.247 e. The van der Waals surface area contributed by atoms with Crippen molar-refractivity contribution in [3.8, 4) is 0 Å². The number of anilines is 1. The summed E-state index contributed by atoms with van der Waals surface area (Å²) in [5.74, 6) is 0.0456. The highest BCUT2D eigenvalue weighted by atomic mass is 79.9. The number of carbonyl (C=O) groups excluding carboxylic acids is 1. The van der Waals surface area contributed by atoms with E-state index in [0.29, 0.717) is 0 Å². The fourth-order valence-corrected chi connectivity index (χ4v) is 2.07. The van der Waals surface area contributed by atoms with Gasteiger partial charge in [-0.25, -0.2) is 4.99 Å². The molecule has 0 radical (unpaired) electrons. The molecule has 0 saturated heterocycles. The largest absolute Gasteiger partial charge is 0.330 e. The lowest BCUT2D eigenvalue weighted by molar-refractivity contribution is -0.118. The summed E-state index contributed by atoms with van der Waals surface area (Å²) < 4.78 is 0. The van der Waals surface area contributed by atoms with Crippen LogP contribution in [0, 0.1) is 0 Å². The molecule has 0 aliphatic carbocycles. The third-order valence-corrected chi connectivity index (χ3v) is 2.91. The van der Waals surface area contributed by atoms with Crippen LogP contribution < -0.4 is 4.90 Å². The Labute approximate surface area is 136 Å². The van der Waals surface area contributed by atoms with E-state index in [4.69, 9.17) is 0 Å². The fourth-order valence-electron chi connectivity index (χ4n) is 2.07.